The fourth-order valence-corrected chi connectivity index (χ4v) is 1.71. The molecule has 5 heteroatoms. The molecule has 0 atom stereocenters. The minimum absolute atomic E-state index is 0.540. The van der Waals surface area contributed by atoms with Gasteiger partial charge in [-0.1, -0.05) is 25.4 Å². The zero-order chi connectivity index (χ0) is 14.2. The van der Waals surface area contributed by atoms with Crippen molar-refractivity contribution in [2.75, 3.05) is 13.2 Å². The number of aromatic nitrogens is 2. The van der Waals surface area contributed by atoms with E-state index in [1.807, 2.05) is 31.2 Å². The average Bonchev–Trinajstić information content (AvgIpc) is 2.95. The molecule has 0 aliphatic heterocycles. The van der Waals surface area contributed by atoms with Crippen molar-refractivity contribution >= 4 is 0 Å². The lowest BCUT2D eigenvalue weighted by molar-refractivity contribution is 0.309. The van der Waals surface area contributed by atoms with Crippen LogP contribution < -0.4 is 10.1 Å². The second-order valence-corrected chi connectivity index (χ2v) is 4.52. The number of hydrogen-bond donors (Lipinski definition) is 1. The molecule has 0 saturated heterocycles. The van der Waals surface area contributed by atoms with Gasteiger partial charge in [-0.3, -0.25) is 0 Å². The molecule has 2 aromatic rings. The third-order valence-corrected chi connectivity index (χ3v) is 2.87. The van der Waals surface area contributed by atoms with E-state index >= 15 is 0 Å². The van der Waals surface area contributed by atoms with Gasteiger partial charge in [0.05, 0.1) is 13.2 Å². The molecule has 0 aliphatic rings. The summed E-state index contributed by atoms with van der Waals surface area (Å²) in [5.74, 6) is 2.08. The number of hydrogen-bond acceptors (Lipinski definition) is 5. The molecular formula is C15H21N3O2. The molecule has 0 amide bonds. The van der Waals surface area contributed by atoms with Crippen LogP contribution in [0.4, 0.5) is 0 Å². The second kappa shape index (κ2) is 7.65. The number of rotatable bonds is 8. The van der Waals surface area contributed by atoms with E-state index in [0.717, 1.165) is 37.3 Å². The van der Waals surface area contributed by atoms with Gasteiger partial charge in [-0.2, -0.15) is 4.98 Å². The fraction of sp³-hybridized carbons (Fsp3) is 0.467. The molecule has 2 rings (SSSR count). The molecular weight excluding hydrogens is 254 g/mol. The fourth-order valence-electron chi connectivity index (χ4n) is 1.71. The van der Waals surface area contributed by atoms with Gasteiger partial charge in [-0.15, -0.1) is 0 Å². The Labute approximate surface area is 119 Å². The maximum absolute atomic E-state index is 5.62. The minimum atomic E-state index is 0.540. The summed E-state index contributed by atoms with van der Waals surface area (Å²) in [7, 11) is 0. The molecule has 1 aromatic carbocycles. The molecule has 108 valence electrons. The Morgan fingerprint density at radius 2 is 2.00 bits per heavy atom. The molecule has 1 N–H and O–H groups in total. The van der Waals surface area contributed by atoms with Crippen LogP contribution in [0.2, 0.25) is 0 Å². The molecule has 1 aromatic heterocycles. The lowest BCUT2D eigenvalue weighted by atomic mass is 10.2. The first kappa shape index (κ1) is 14.5. The Hall–Kier alpha value is -1.88. The summed E-state index contributed by atoms with van der Waals surface area (Å²) < 4.78 is 10.9. The lowest BCUT2D eigenvalue weighted by Gasteiger charge is -2.04. The third kappa shape index (κ3) is 4.06. The van der Waals surface area contributed by atoms with Crippen LogP contribution in [0.25, 0.3) is 11.5 Å². The molecule has 0 bridgehead atoms. The van der Waals surface area contributed by atoms with Crippen molar-refractivity contribution < 1.29 is 9.26 Å². The van der Waals surface area contributed by atoms with E-state index in [4.69, 9.17) is 9.26 Å². The standard InChI is InChI=1S/C15H21N3O2/c1-3-5-10-19-13-8-6-12(7-9-13)15-17-14(18-20-15)11-16-4-2/h6-9,16H,3-5,10-11H2,1-2H3. The number of nitrogens with one attached hydrogen (secondary N) is 1. The van der Waals surface area contributed by atoms with Crippen LogP contribution in [0.3, 0.4) is 0 Å². The van der Waals surface area contributed by atoms with Gasteiger partial charge in [-0.25, -0.2) is 0 Å². The van der Waals surface area contributed by atoms with Crippen molar-refractivity contribution in [2.45, 2.75) is 33.2 Å². The number of ether oxygens (including phenoxy) is 1. The second-order valence-electron chi connectivity index (χ2n) is 4.52. The van der Waals surface area contributed by atoms with Crippen molar-refractivity contribution in [3.8, 4) is 17.2 Å². The van der Waals surface area contributed by atoms with Crippen LogP contribution in [0.5, 0.6) is 5.75 Å². The van der Waals surface area contributed by atoms with Crippen molar-refractivity contribution in [1.82, 2.24) is 15.5 Å². The highest BCUT2D eigenvalue weighted by Gasteiger charge is 2.08. The monoisotopic (exact) mass is 275 g/mol. The molecule has 1 heterocycles. The summed E-state index contributed by atoms with van der Waals surface area (Å²) in [6.07, 6.45) is 2.20. The number of benzene rings is 1. The van der Waals surface area contributed by atoms with E-state index in [2.05, 4.69) is 22.4 Å². The average molecular weight is 275 g/mol. The van der Waals surface area contributed by atoms with Crippen LogP contribution in [-0.2, 0) is 6.54 Å². The van der Waals surface area contributed by atoms with Crippen LogP contribution in [0.1, 0.15) is 32.5 Å². The van der Waals surface area contributed by atoms with E-state index in [-0.39, 0.29) is 0 Å². The first-order valence-corrected chi connectivity index (χ1v) is 7.10. The molecule has 5 nitrogen and oxygen atoms in total. The normalized spacial score (nSPS) is 10.7. The summed E-state index contributed by atoms with van der Waals surface area (Å²) in [6, 6.07) is 7.73. The Bertz CT molecular complexity index is 508. The maximum atomic E-state index is 5.62. The van der Waals surface area contributed by atoms with Gasteiger partial charge in [0.25, 0.3) is 5.89 Å². The van der Waals surface area contributed by atoms with Crippen molar-refractivity contribution in [1.29, 1.82) is 0 Å². The topological polar surface area (TPSA) is 60.2 Å². The van der Waals surface area contributed by atoms with E-state index in [9.17, 15) is 0 Å². The highest BCUT2D eigenvalue weighted by molar-refractivity contribution is 5.54. The molecule has 0 fully saturated rings. The summed E-state index contributed by atoms with van der Waals surface area (Å²) in [4.78, 5) is 4.34. The Morgan fingerprint density at radius 1 is 1.20 bits per heavy atom. The predicted octanol–water partition coefficient (Wildman–Crippen LogP) is 3.03. The van der Waals surface area contributed by atoms with Gasteiger partial charge in [0.2, 0.25) is 0 Å². The van der Waals surface area contributed by atoms with Gasteiger partial charge in [0.1, 0.15) is 5.75 Å². The molecule has 20 heavy (non-hydrogen) atoms. The zero-order valence-corrected chi connectivity index (χ0v) is 12.1. The predicted molar refractivity (Wildman–Crippen MR) is 77.5 cm³/mol. The van der Waals surface area contributed by atoms with Crippen LogP contribution in [0, 0.1) is 0 Å². The van der Waals surface area contributed by atoms with E-state index in [1.165, 1.54) is 0 Å². The molecule has 0 spiro atoms. The molecule has 0 aliphatic carbocycles. The highest BCUT2D eigenvalue weighted by atomic mass is 16.5. The summed E-state index contributed by atoms with van der Waals surface area (Å²) >= 11 is 0. The highest BCUT2D eigenvalue weighted by Crippen LogP contribution is 2.21. The summed E-state index contributed by atoms with van der Waals surface area (Å²) in [6.45, 7) is 6.44. The summed E-state index contributed by atoms with van der Waals surface area (Å²) in [5.41, 5.74) is 0.906. The minimum Gasteiger partial charge on any atom is -0.494 e. The lowest BCUT2D eigenvalue weighted by Crippen LogP contribution is -2.12. The van der Waals surface area contributed by atoms with E-state index in [1.54, 1.807) is 0 Å². The number of nitrogens with zero attached hydrogens (tertiary/aromatic N) is 2. The zero-order valence-electron chi connectivity index (χ0n) is 12.1. The Morgan fingerprint density at radius 3 is 2.70 bits per heavy atom. The molecule has 0 saturated carbocycles. The van der Waals surface area contributed by atoms with Crippen LogP contribution in [-0.4, -0.2) is 23.3 Å². The van der Waals surface area contributed by atoms with E-state index in [0.29, 0.717) is 18.3 Å². The van der Waals surface area contributed by atoms with Crippen LogP contribution >= 0.6 is 0 Å². The van der Waals surface area contributed by atoms with Gasteiger partial charge < -0.3 is 14.6 Å². The summed E-state index contributed by atoms with van der Waals surface area (Å²) in [5, 5.41) is 7.10. The first-order chi connectivity index (χ1) is 9.83. The van der Waals surface area contributed by atoms with Crippen molar-refractivity contribution in [3.05, 3.63) is 30.1 Å². The Kier molecular flexibility index (Phi) is 5.55. The number of unbranched alkanes of at least 4 members (excludes halogenated alkanes) is 1. The van der Waals surface area contributed by atoms with Gasteiger partial charge in [-0.05, 0) is 37.2 Å². The Balaban J connectivity index is 1.96. The maximum Gasteiger partial charge on any atom is 0.257 e. The smallest absolute Gasteiger partial charge is 0.257 e. The SMILES string of the molecule is CCCCOc1ccc(-c2nc(CNCC)no2)cc1. The molecule has 0 radical (unpaired) electrons. The van der Waals surface area contributed by atoms with Crippen LogP contribution in [0.15, 0.2) is 28.8 Å². The van der Waals surface area contributed by atoms with Gasteiger partial charge in [0, 0.05) is 5.56 Å². The van der Waals surface area contributed by atoms with Crippen molar-refractivity contribution in [2.24, 2.45) is 0 Å². The van der Waals surface area contributed by atoms with E-state index < -0.39 is 0 Å². The largest absolute Gasteiger partial charge is 0.494 e. The van der Waals surface area contributed by atoms with Crippen molar-refractivity contribution in [3.63, 3.8) is 0 Å². The van der Waals surface area contributed by atoms with Gasteiger partial charge >= 0.3 is 0 Å². The first-order valence-electron chi connectivity index (χ1n) is 7.10. The third-order valence-electron chi connectivity index (χ3n) is 2.87. The quantitative estimate of drug-likeness (QED) is 0.750. The molecule has 0 unspecified atom stereocenters. The van der Waals surface area contributed by atoms with Gasteiger partial charge in [0.15, 0.2) is 5.82 Å².